The SMILES string of the molecule is Cc1cc(C)cc(Cn2c(-c3ccc(C(=O)O)cc3)cccc2=O)c1. The number of carboxylic acid groups (broad SMARTS) is 1. The summed E-state index contributed by atoms with van der Waals surface area (Å²) in [5.41, 5.74) is 5.10. The van der Waals surface area contributed by atoms with E-state index >= 15 is 0 Å². The molecule has 0 amide bonds. The predicted molar refractivity (Wildman–Crippen MR) is 98.1 cm³/mol. The normalized spacial score (nSPS) is 10.6. The number of hydrogen-bond donors (Lipinski definition) is 1. The van der Waals surface area contributed by atoms with Gasteiger partial charge in [-0.15, -0.1) is 0 Å². The van der Waals surface area contributed by atoms with Crippen LogP contribution in [0.4, 0.5) is 0 Å². The number of aryl methyl sites for hydroxylation is 2. The first-order chi connectivity index (χ1) is 11.9. The van der Waals surface area contributed by atoms with Crippen molar-refractivity contribution in [2.24, 2.45) is 0 Å². The van der Waals surface area contributed by atoms with Crippen molar-refractivity contribution in [2.75, 3.05) is 0 Å². The first kappa shape index (κ1) is 16.7. The van der Waals surface area contributed by atoms with E-state index in [0.717, 1.165) is 27.9 Å². The minimum Gasteiger partial charge on any atom is -0.478 e. The summed E-state index contributed by atoms with van der Waals surface area (Å²) in [7, 11) is 0. The van der Waals surface area contributed by atoms with Crippen LogP contribution in [0.1, 0.15) is 27.0 Å². The molecule has 4 heteroatoms. The fourth-order valence-corrected chi connectivity index (χ4v) is 3.06. The number of carbonyl (C=O) groups is 1. The smallest absolute Gasteiger partial charge is 0.335 e. The van der Waals surface area contributed by atoms with E-state index in [1.54, 1.807) is 34.9 Å². The molecule has 3 rings (SSSR count). The monoisotopic (exact) mass is 333 g/mol. The van der Waals surface area contributed by atoms with Crippen LogP contribution in [0.3, 0.4) is 0 Å². The number of hydrogen-bond acceptors (Lipinski definition) is 2. The summed E-state index contributed by atoms with van der Waals surface area (Å²) in [4.78, 5) is 23.5. The highest BCUT2D eigenvalue weighted by molar-refractivity contribution is 5.88. The summed E-state index contributed by atoms with van der Waals surface area (Å²) in [6.45, 7) is 4.55. The van der Waals surface area contributed by atoms with Crippen molar-refractivity contribution in [3.8, 4) is 11.3 Å². The summed E-state index contributed by atoms with van der Waals surface area (Å²) in [6, 6.07) is 18.0. The van der Waals surface area contributed by atoms with E-state index in [9.17, 15) is 9.59 Å². The standard InChI is InChI=1S/C21H19NO3/c1-14-10-15(2)12-16(11-14)13-22-19(4-3-5-20(22)23)17-6-8-18(9-7-17)21(24)25/h3-12H,13H2,1-2H3,(H,24,25). The van der Waals surface area contributed by atoms with Crippen molar-refractivity contribution < 1.29 is 9.90 Å². The molecule has 2 aromatic carbocycles. The van der Waals surface area contributed by atoms with E-state index in [1.807, 2.05) is 19.9 Å². The summed E-state index contributed by atoms with van der Waals surface area (Å²) in [6.07, 6.45) is 0. The summed E-state index contributed by atoms with van der Waals surface area (Å²) in [5.74, 6) is -0.966. The van der Waals surface area contributed by atoms with Gasteiger partial charge in [0, 0.05) is 6.07 Å². The lowest BCUT2D eigenvalue weighted by atomic mass is 10.1. The Labute approximate surface area is 146 Å². The molecule has 0 fully saturated rings. The molecule has 0 unspecified atom stereocenters. The topological polar surface area (TPSA) is 59.3 Å². The van der Waals surface area contributed by atoms with E-state index < -0.39 is 5.97 Å². The van der Waals surface area contributed by atoms with E-state index in [2.05, 4.69) is 18.2 Å². The Kier molecular flexibility index (Phi) is 4.52. The van der Waals surface area contributed by atoms with Gasteiger partial charge in [0.25, 0.3) is 5.56 Å². The van der Waals surface area contributed by atoms with Gasteiger partial charge in [-0.2, -0.15) is 0 Å². The van der Waals surface area contributed by atoms with Gasteiger partial charge in [-0.3, -0.25) is 4.79 Å². The Balaban J connectivity index is 2.05. The van der Waals surface area contributed by atoms with Gasteiger partial charge in [0.05, 0.1) is 17.8 Å². The maximum atomic E-state index is 12.4. The highest BCUT2D eigenvalue weighted by Crippen LogP contribution is 2.20. The molecule has 1 aromatic heterocycles. The number of nitrogens with zero attached hydrogens (tertiary/aromatic N) is 1. The summed E-state index contributed by atoms with van der Waals surface area (Å²) >= 11 is 0. The van der Waals surface area contributed by atoms with Crippen molar-refractivity contribution in [1.82, 2.24) is 4.57 Å². The van der Waals surface area contributed by atoms with Gasteiger partial charge in [0.1, 0.15) is 0 Å². The van der Waals surface area contributed by atoms with Gasteiger partial charge < -0.3 is 9.67 Å². The Hall–Kier alpha value is -3.14. The molecule has 0 radical (unpaired) electrons. The highest BCUT2D eigenvalue weighted by Gasteiger charge is 2.09. The molecular formula is C21H19NO3. The van der Waals surface area contributed by atoms with Crippen LogP contribution in [0.2, 0.25) is 0 Å². The lowest BCUT2D eigenvalue weighted by Crippen LogP contribution is -2.21. The van der Waals surface area contributed by atoms with Gasteiger partial charge in [0.15, 0.2) is 0 Å². The molecule has 3 aromatic rings. The lowest BCUT2D eigenvalue weighted by molar-refractivity contribution is 0.0697. The molecule has 0 aliphatic carbocycles. The fraction of sp³-hybridized carbons (Fsp3) is 0.143. The van der Waals surface area contributed by atoms with E-state index in [0.29, 0.717) is 6.54 Å². The largest absolute Gasteiger partial charge is 0.478 e. The fourth-order valence-electron chi connectivity index (χ4n) is 3.06. The molecule has 1 N–H and O–H groups in total. The minimum atomic E-state index is -0.966. The quantitative estimate of drug-likeness (QED) is 0.788. The van der Waals surface area contributed by atoms with Crippen molar-refractivity contribution in [3.05, 3.63) is 93.3 Å². The Morgan fingerprint density at radius 3 is 2.20 bits per heavy atom. The molecule has 1 heterocycles. The third kappa shape index (κ3) is 3.69. The Morgan fingerprint density at radius 1 is 0.960 bits per heavy atom. The lowest BCUT2D eigenvalue weighted by Gasteiger charge is -2.14. The van der Waals surface area contributed by atoms with E-state index in [4.69, 9.17) is 5.11 Å². The Morgan fingerprint density at radius 2 is 1.60 bits per heavy atom. The second kappa shape index (κ2) is 6.77. The number of carboxylic acids is 1. The average Bonchev–Trinajstić information content (AvgIpc) is 2.56. The number of benzene rings is 2. The van der Waals surface area contributed by atoms with Crippen LogP contribution in [-0.2, 0) is 6.54 Å². The van der Waals surface area contributed by atoms with E-state index in [1.165, 1.54) is 6.07 Å². The first-order valence-corrected chi connectivity index (χ1v) is 8.05. The molecule has 0 saturated carbocycles. The van der Waals surface area contributed by atoms with Gasteiger partial charge in [-0.1, -0.05) is 47.5 Å². The Bertz CT molecular complexity index is 965. The first-order valence-electron chi connectivity index (χ1n) is 8.05. The van der Waals surface area contributed by atoms with Gasteiger partial charge in [-0.25, -0.2) is 4.79 Å². The maximum absolute atomic E-state index is 12.4. The number of aromatic carboxylic acids is 1. The average molecular weight is 333 g/mol. The summed E-state index contributed by atoms with van der Waals surface area (Å²) < 4.78 is 1.71. The number of pyridine rings is 1. The number of aromatic nitrogens is 1. The maximum Gasteiger partial charge on any atom is 0.335 e. The second-order valence-corrected chi connectivity index (χ2v) is 6.21. The third-order valence-corrected chi connectivity index (χ3v) is 4.10. The molecule has 0 atom stereocenters. The molecule has 4 nitrogen and oxygen atoms in total. The minimum absolute atomic E-state index is 0.0843. The van der Waals surface area contributed by atoms with Crippen LogP contribution in [0, 0.1) is 13.8 Å². The highest BCUT2D eigenvalue weighted by atomic mass is 16.4. The van der Waals surface area contributed by atoms with E-state index in [-0.39, 0.29) is 11.1 Å². The van der Waals surface area contributed by atoms with Gasteiger partial charge in [-0.05, 0) is 43.2 Å². The van der Waals surface area contributed by atoms with Crippen molar-refractivity contribution in [3.63, 3.8) is 0 Å². The van der Waals surface area contributed by atoms with Crippen LogP contribution in [-0.4, -0.2) is 15.6 Å². The zero-order valence-corrected chi connectivity index (χ0v) is 14.2. The molecule has 0 saturated heterocycles. The number of rotatable bonds is 4. The van der Waals surface area contributed by atoms with Gasteiger partial charge in [0.2, 0.25) is 0 Å². The molecule has 0 aliphatic rings. The molecule has 0 aliphatic heterocycles. The van der Waals surface area contributed by atoms with Crippen LogP contribution in [0.15, 0.2) is 65.5 Å². The third-order valence-electron chi connectivity index (χ3n) is 4.10. The molecule has 0 spiro atoms. The van der Waals surface area contributed by atoms with Crippen LogP contribution in [0.5, 0.6) is 0 Å². The van der Waals surface area contributed by atoms with Crippen LogP contribution in [0.25, 0.3) is 11.3 Å². The molecular weight excluding hydrogens is 314 g/mol. The zero-order chi connectivity index (χ0) is 18.0. The van der Waals surface area contributed by atoms with Crippen molar-refractivity contribution >= 4 is 5.97 Å². The van der Waals surface area contributed by atoms with Crippen LogP contribution >= 0.6 is 0 Å². The molecule has 126 valence electrons. The van der Waals surface area contributed by atoms with Crippen molar-refractivity contribution in [2.45, 2.75) is 20.4 Å². The zero-order valence-electron chi connectivity index (χ0n) is 14.2. The second-order valence-electron chi connectivity index (χ2n) is 6.21. The van der Waals surface area contributed by atoms with Crippen LogP contribution < -0.4 is 5.56 Å². The van der Waals surface area contributed by atoms with Crippen molar-refractivity contribution in [1.29, 1.82) is 0 Å². The predicted octanol–water partition coefficient (Wildman–Crippen LogP) is 3.88. The van der Waals surface area contributed by atoms with Gasteiger partial charge >= 0.3 is 5.97 Å². The molecule has 0 bridgehead atoms. The summed E-state index contributed by atoms with van der Waals surface area (Å²) in [5, 5.41) is 9.04. The molecule has 25 heavy (non-hydrogen) atoms.